The van der Waals surface area contributed by atoms with Gasteiger partial charge in [0.05, 0.1) is 4.90 Å². The molecule has 1 aliphatic heterocycles. The van der Waals surface area contributed by atoms with Crippen LogP contribution in [-0.4, -0.2) is 43.2 Å². The molecule has 0 spiro atoms. The highest BCUT2D eigenvalue weighted by atomic mass is 32.2. The van der Waals surface area contributed by atoms with Gasteiger partial charge >= 0.3 is 12.0 Å². The van der Waals surface area contributed by atoms with Crippen LogP contribution in [0.2, 0.25) is 0 Å². The molecule has 3 atom stereocenters. The Morgan fingerprint density at radius 2 is 1.47 bits per heavy atom. The molecule has 12 heteroatoms. The number of aromatic nitrogens is 1. The minimum absolute atomic E-state index is 0.106. The second-order valence-corrected chi connectivity index (χ2v) is 10.5. The summed E-state index contributed by atoms with van der Waals surface area (Å²) in [6.07, 6.45) is -3.18. The second kappa shape index (κ2) is 8.86. The van der Waals surface area contributed by atoms with Gasteiger partial charge in [0.1, 0.15) is 0 Å². The molecule has 0 saturated carbocycles. The van der Waals surface area contributed by atoms with E-state index in [2.05, 4.69) is 4.98 Å². The lowest BCUT2D eigenvalue weighted by Gasteiger charge is -2.40. The molecule has 0 radical (unpaired) electrons. The summed E-state index contributed by atoms with van der Waals surface area (Å²) in [5.74, 6) is -8.64. The first-order chi connectivity index (χ1) is 16.7. The average Bonchev–Trinajstić information content (AvgIpc) is 3.03. The van der Waals surface area contributed by atoms with Crippen molar-refractivity contribution in [3.8, 4) is 0 Å². The van der Waals surface area contributed by atoms with Crippen molar-refractivity contribution in [2.24, 2.45) is 0 Å². The Hall–Kier alpha value is -2.96. The number of alkyl halides is 6. The maximum atomic E-state index is 17.0. The second-order valence-electron chi connectivity index (χ2n) is 8.47. The van der Waals surface area contributed by atoms with Crippen LogP contribution in [0, 0.1) is 0 Å². The van der Waals surface area contributed by atoms with Crippen LogP contribution in [0.4, 0.5) is 26.3 Å². The first-order valence-corrected chi connectivity index (χ1v) is 12.6. The molecule has 3 aromatic rings. The van der Waals surface area contributed by atoms with Gasteiger partial charge in [-0.1, -0.05) is 42.5 Å². The molecular formula is C24H21F6N3O2S. The summed E-state index contributed by atoms with van der Waals surface area (Å²) in [6.45, 7) is -0.746. The number of hydrogen-bond donors (Lipinski definition) is 1. The molecule has 0 aliphatic carbocycles. The molecule has 1 aromatic heterocycles. The van der Waals surface area contributed by atoms with E-state index in [4.69, 9.17) is 0 Å². The van der Waals surface area contributed by atoms with Gasteiger partial charge in [0, 0.05) is 30.8 Å². The third kappa shape index (κ3) is 3.97. The van der Waals surface area contributed by atoms with Gasteiger partial charge in [-0.05, 0) is 41.8 Å². The number of nitrogens with one attached hydrogen (secondary N) is 1. The number of rotatable bonds is 6. The van der Waals surface area contributed by atoms with Gasteiger partial charge < -0.3 is 0 Å². The van der Waals surface area contributed by atoms with Crippen LogP contribution < -0.4 is 5.43 Å². The molecule has 1 aliphatic rings. The minimum atomic E-state index is -5.91. The zero-order chi connectivity index (χ0) is 26.4. The van der Waals surface area contributed by atoms with Crippen molar-refractivity contribution in [3.63, 3.8) is 0 Å². The smallest absolute Gasteiger partial charge is 0.265 e. The Morgan fingerprint density at radius 1 is 0.889 bits per heavy atom. The molecule has 1 saturated heterocycles. The van der Waals surface area contributed by atoms with E-state index in [-0.39, 0.29) is 16.3 Å². The summed E-state index contributed by atoms with van der Waals surface area (Å²) < 4.78 is 117. The highest BCUT2D eigenvalue weighted by Crippen LogP contribution is 2.63. The number of hydrazine groups is 1. The summed E-state index contributed by atoms with van der Waals surface area (Å²) in [5.41, 5.74) is -3.72. The number of nitrogens with zero attached hydrogens (tertiary/aromatic N) is 2. The van der Waals surface area contributed by atoms with Crippen molar-refractivity contribution in [2.75, 3.05) is 12.8 Å². The lowest BCUT2D eigenvalue weighted by molar-refractivity contribution is -0.321. The molecule has 1 N–H and O–H groups in total. The molecule has 4 rings (SSSR count). The van der Waals surface area contributed by atoms with Crippen LogP contribution in [0.15, 0.2) is 84.0 Å². The van der Waals surface area contributed by atoms with E-state index in [1.165, 1.54) is 0 Å². The van der Waals surface area contributed by atoms with Crippen LogP contribution in [-0.2, 0) is 27.7 Å². The lowest BCUT2D eigenvalue weighted by atomic mass is 9.77. The van der Waals surface area contributed by atoms with Crippen molar-refractivity contribution in [2.45, 2.75) is 34.7 Å². The van der Waals surface area contributed by atoms with Gasteiger partial charge in [-0.15, -0.1) is 0 Å². The average molecular weight is 530 g/mol. The molecule has 3 unspecified atom stereocenters. The molecule has 36 heavy (non-hydrogen) atoms. The molecule has 5 nitrogen and oxygen atoms in total. The summed E-state index contributed by atoms with van der Waals surface area (Å²) in [6, 6.07) is 12.9. The molecule has 1 fully saturated rings. The molecule has 192 valence electrons. The Balaban J connectivity index is 1.92. The van der Waals surface area contributed by atoms with Gasteiger partial charge in [0.25, 0.3) is 0 Å². The number of pyridine rings is 1. The van der Waals surface area contributed by atoms with Gasteiger partial charge in [-0.3, -0.25) is 4.98 Å². The zero-order valence-corrected chi connectivity index (χ0v) is 19.6. The fraction of sp³-hybridized carbons (Fsp3) is 0.292. The SMILES string of the molecule is CS(=O)(=O)c1ccc(C2(F)C(F)(c3ccncc3)NN(CCc3ccccc3)C2(F)C(F)(F)F)cc1. The molecular weight excluding hydrogens is 508 g/mol. The predicted molar refractivity (Wildman–Crippen MR) is 119 cm³/mol. The zero-order valence-electron chi connectivity index (χ0n) is 18.8. The van der Waals surface area contributed by atoms with Crippen LogP contribution in [0.1, 0.15) is 16.7 Å². The summed E-state index contributed by atoms with van der Waals surface area (Å²) in [7, 11) is -3.82. The van der Waals surface area contributed by atoms with Crippen LogP contribution >= 0.6 is 0 Å². The summed E-state index contributed by atoms with van der Waals surface area (Å²) in [4.78, 5) is 3.32. The lowest BCUT2D eigenvalue weighted by Crippen LogP contribution is -2.63. The van der Waals surface area contributed by atoms with Gasteiger partial charge in [-0.25, -0.2) is 27.0 Å². The van der Waals surface area contributed by atoms with Gasteiger partial charge in [-0.2, -0.15) is 18.2 Å². The standard InChI is InChI=1S/C24H21F6N3O2S/c1-36(34,35)20-9-7-18(8-10-20)21(25)22(26,19-11-14-31-15-12-19)32-33(23(21,27)24(28,29)30)16-13-17-5-3-2-4-6-17/h2-12,14-15,32H,13,16H2,1H3. The topological polar surface area (TPSA) is 62.3 Å². The van der Waals surface area contributed by atoms with Crippen LogP contribution in [0.25, 0.3) is 0 Å². The van der Waals surface area contributed by atoms with E-state index in [1.807, 2.05) is 5.43 Å². The quantitative estimate of drug-likeness (QED) is 0.369. The largest absolute Gasteiger partial charge is 0.441 e. The maximum absolute atomic E-state index is 17.0. The third-order valence-corrected chi connectivity index (χ3v) is 7.32. The van der Waals surface area contributed by atoms with Crippen LogP contribution in [0.3, 0.4) is 0 Å². The van der Waals surface area contributed by atoms with Gasteiger partial charge in [0.15, 0.2) is 9.84 Å². The van der Waals surface area contributed by atoms with Crippen molar-refractivity contribution >= 4 is 9.84 Å². The normalized spacial score (nSPS) is 27.3. The Morgan fingerprint density at radius 3 is 2.00 bits per heavy atom. The van der Waals surface area contributed by atoms with Crippen molar-refractivity contribution < 1.29 is 34.8 Å². The van der Waals surface area contributed by atoms with E-state index in [0.29, 0.717) is 17.7 Å². The molecule has 2 heterocycles. The highest BCUT2D eigenvalue weighted by Gasteiger charge is 2.85. The van der Waals surface area contributed by atoms with Crippen LogP contribution in [0.5, 0.6) is 0 Å². The number of hydrogen-bond acceptors (Lipinski definition) is 5. The van der Waals surface area contributed by atoms with Crippen molar-refractivity contribution in [1.29, 1.82) is 0 Å². The molecule has 0 bridgehead atoms. The first-order valence-electron chi connectivity index (χ1n) is 10.7. The van der Waals surface area contributed by atoms with Gasteiger partial charge in [0.2, 0.25) is 11.5 Å². The maximum Gasteiger partial charge on any atom is 0.441 e. The summed E-state index contributed by atoms with van der Waals surface area (Å²) >= 11 is 0. The third-order valence-electron chi connectivity index (χ3n) is 6.19. The number of sulfone groups is 1. The Labute approximate surface area is 203 Å². The monoisotopic (exact) mass is 529 g/mol. The minimum Gasteiger partial charge on any atom is -0.265 e. The van der Waals surface area contributed by atoms with Crippen molar-refractivity contribution in [3.05, 3.63) is 95.8 Å². The molecule has 0 amide bonds. The fourth-order valence-electron chi connectivity index (χ4n) is 4.37. The number of halogens is 6. The highest BCUT2D eigenvalue weighted by molar-refractivity contribution is 7.90. The fourth-order valence-corrected chi connectivity index (χ4v) is 5.00. The summed E-state index contributed by atoms with van der Waals surface area (Å²) in [5, 5.41) is -0.106. The Kier molecular flexibility index (Phi) is 6.42. The number of benzene rings is 2. The van der Waals surface area contributed by atoms with Crippen molar-refractivity contribution in [1.82, 2.24) is 15.4 Å². The van der Waals surface area contributed by atoms with E-state index >= 15 is 13.2 Å². The van der Waals surface area contributed by atoms with E-state index in [0.717, 1.165) is 42.9 Å². The first kappa shape index (κ1) is 26.1. The Bertz CT molecular complexity index is 1330. The predicted octanol–water partition coefficient (Wildman–Crippen LogP) is 4.76. The van der Waals surface area contributed by atoms with E-state index < -0.39 is 50.9 Å². The van der Waals surface area contributed by atoms with E-state index in [1.54, 1.807) is 30.3 Å². The molecule has 2 aromatic carbocycles. The van der Waals surface area contributed by atoms with E-state index in [9.17, 15) is 21.6 Å².